The Morgan fingerprint density at radius 1 is 1.38 bits per heavy atom. The third kappa shape index (κ3) is 5.68. The molecule has 8 heteroatoms. The van der Waals surface area contributed by atoms with Gasteiger partial charge in [-0.15, -0.1) is 0 Å². The van der Waals surface area contributed by atoms with Gasteiger partial charge in [0.15, 0.2) is 0 Å². The highest BCUT2D eigenvalue weighted by Gasteiger charge is 2.36. The molecule has 0 spiro atoms. The molecule has 0 aromatic heterocycles. The van der Waals surface area contributed by atoms with Crippen molar-refractivity contribution in [2.24, 2.45) is 11.7 Å². The van der Waals surface area contributed by atoms with Gasteiger partial charge in [0, 0.05) is 6.54 Å². The number of amides is 2. The first-order valence-corrected chi connectivity index (χ1v) is 6.88. The fraction of sp³-hybridized carbons (Fsp3) is 0.769. The van der Waals surface area contributed by atoms with Crippen molar-refractivity contribution in [2.75, 3.05) is 13.1 Å². The lowest BCUT2D eigenvalue weighted by atomic mass is 10.0. The first kappa shape index (κ1) is 19.3. The summed E-state index contributed by atoms with van der Waals surface area (Å²) in [6, 6.07) is -1.21. The van der Waals surface area contributed by atoms with Crippen LogP contribution in [0.2, 0.25) is 0 Å². The van der Waals surface area contributed by atoms with Crippen LogP contribution in [0.15, 0.2) is 0 Å². The number of carboxylic acids is 1. The lowest BCUT2D eigenvalue weighted by molar-refractivity contribution is -0.141. The maximum Gasteiger partial charge on any atom is 0.322 e. The van der Waals surface area contributed by atoms with Crippen LogP contribution in [0.1, 0.15) is 33.1 Å². The van der Waals surface area contributed by atoms with E-state index in [1.165, 1.54) is 4.90 Å². The van der Waals surface area contributed by atoms with E-state index in [2.05, 4.69) is 5.32 Å². The number of hydrogen-bond acceptors (Lipinski definition) is 4. The van der Waals surface area contributed by atoms with Gasteiger partial charge >= 0.3 is 5.97 Å². The second-order valence-corrected chi connectivity index (χ2v) is 5.54. The van der Waals surface area contributed by atoms with E-state index in [9.17, 15) is 14.4 Å². The molecule has 1 saturated heterocycles. The van der Waals surface area contributed by atoms with Crippen LogP contribution < -0.4 is 11.1 Å². The highest BCUT2D eigenvalue weighted by atomic mass is 16.4. The Balaban J connectivity index is 0.00000400. The first-order chi connectivity index (χ1) is 9.32. The summed E-state index contributed by atoms with van der Waals surface area (Å²) in [5.41, 5.74) is 5.87. The maximum atomic E-state index is 12.2. The van der Waals surface area contributed by atoms with Gasteiger partial charge in [-0.2, -0.15) is 0 Å². The molecule has 2 amide bonds. The molecule has 0 unspecified atom stereocenters. The van der Waals surface area contributed by atoms with Crippen molar-refractivity contribution in [3.63, 3.8) is 0 Å². The van der Waals surface area contributed by atoms with Crippen LogP contribution in [-0.4, -0.2) is 58.4 Å². The van der Waals surface area contributed by atoms with E-state index in [1.54, 1.807) is 0 Å². The van der Waals surface area contributed by atoms with Gasteiger partial charge in [0.25, 0.3) is 0 Å². The van der Waals surface area contributed by atoms with Crippen LogP contribution in [0.3, 0.4) is 0 Å². The zero-order chi connectivity index (χ0) is 15.3. The molecule has 1 aliphatic heterocycles. The Morgan fingerprint density at radius 2 is 2.00 bits per heavy atom. The zero-order valence-corrected chi connectivity index (χ0v) is 12.5. The third-order valence-corrected chi connectivity index (χ3v) is 3.29. The number of carbonyl (C=O) groups is 3. The minimum Gasteiger partial charge on any atom is -0.480 e. The summed E-state index contributed by atoms with van der Waals surface area (Å²) in [5.74, 6) is -1.46. The van der Waals surface area contributed by atoms with E-state index in [4.69, 9.17) is 10.8 Å². The molecular weight excluding hydrogens is 278 g/mol. The Labute approximate surface area is 124 Å². The fourth-order valence-corrected chi connectivity index (χ4v) is 2.41. The van der Waals surface area contributed by atoms with Crippen LogP contribution in [0.25, 0.3) is 0 Å². The number of nitrogens with two attached hydrogens (primary N) is 1. The molecule has 0 aromatic carbocycles. The molecule has 6 N–H and O–H groups in total. The van der Waals surface area contributed by atoms with Crippen LogP contribution in [0.5, 0.6) is 0 Å². The number of aliphatic carboxylic acids is 1. The zero-order valence-electron chi connectivity index (χ0n) is 12.5. The number of carboxylic acid groups (broad SMARTS) is 1. The topological polar surface area (TPSA) is 144 Å². The minimum absolute atomic E-state index is 0. The Bertz CT molecular complexity index is 386. The predicted octanol–water partition coefficient (Wildman–Crippen LogP) is -1.27. The summed E-state index contributed by atoms with van der Waals surface area (Å²) < 4.78 is 0. The Kier molecular flexibility index (Phi) is 7.90. The standard InChI is InChI=1S/C13H23N3O4.H2O/c1-8(2)6-9(14)13(20)16-5-3-4-10(16)12(19)15-7-11(17)18;/h8-10H,3-7,14H2,1-2H3,(H,15,19)(H,17,18);1H2/t9-,10-;/m0./s1. The van der Waals surface area contributed by atoms with Crippen molar-refractivity contribution in [3.8, 4) is 0 Å². The summed E-state index contributed by atoms with van der Waals surface area (Å²) in [4.78, 5) is 36.1. The smallest absolute Gasteiger partial charge is 0.322 e. The van der Waals surface area contributed by atoms with Crippen LogP contribution >= 0.6 is 0 Å². The lowest BCUT2D eigenvalue weighted by Crippen LogP contribution is -2.52. The molecule has 0 radical (unpaired) electrons. The summed E-state index contributed by atoms with van der Waals surface area (Å²) in [5, 5.41) is 10.9. The average Bonchev–Trinajstić information content (AvgIpc) is 2.83. The van der Waals surface area contributed by atoms with Gasteiger partial charge in [-0.3, -0.25) is 14.4 Å². The number of hydrogen-bond donors (Lipinski definition) is 3. The second kappa shape index (κ2) is 8.58. The van der Waals surface area contributed by atoms with Gasteiger partial charge in [-0.1, -0.05) is 13.8 Å². The van der Waals surface area contributed by atoms with Crippen molar-refractivity contribution in [1.82, 2.24) is 10.2 Å². The minimum atomic E-state index is -1.11. The van der Waals surface area contributed by atoms with Crippen LogP contribution in [0, 0.1) is 5.92 Å². The number of carbonyl (C=O) groups excluding carboxylic acids is 2. The third-order valence-electron chi connectivity index (χ3n) is 3.29. The molecular formula is C13H25N3O5. The molecule has 1 aliphatic rings. The summed E-state index contributed by atoms with van der Waals surface area (Å²) in [6.45, 7) is 4.02. The Hall–Kier alpha value is -1.67. The summed E-state index contributed by atoms with van der Waals surface area (Å²) >= 11 is 0. The average molecular weight is 303 g/mol. The second-order valence-electron chi connectivity index (χ2n) is 5.54. The highest BCUT2D eigenvalue weighted by molar-refractivity contribution is 5.91. The molecule has 1 heterocycles. The lowest BCUT2D eigenvalue weighted by Gasteiger charge is -2.27. The van der Waals surface area contributed by atoms with Gasteiger partial charge in [-0.05, 0) is 25.2 Å². The SMILES string of the molecule is CC(C)C[C@H](N)C(=O)N1CCC[C@H]1C(=O)NCC(=O)O.O. The number of nitrogens with zero attached hydrogens (tertiary/aromatic N) is 1. The molecule has 1 fully saturated rings. The van der Waals surface area contributed by atoms with Gasteiger partial charge in [0.1, 0.15) is 12.6 Å². The van der Waals surface area contributed by atoms with E-state index in [-0.39, 0.29) is 11.4 Å². The van der Waals surface area contributed by atoms with E-state index in [0.717, 1.165) is 6.42 Å². The van der Waals surface area contributed by atoms with E-state index in [0.29, 0.717) is 25.3 Å². The maximum absolute atomic E-state index is 12.2. The molecule has 0 aromatic rings. The van der Waals surface area contributed by atoms with E-state index >= 15 is 0 Å². The van der Waals surface area contributed by atoms with Crippen molar-refractivity contribution in [2.45, 2.75) is 45.2 Å². The van der Waals surface area contributed by atoms with Crippen molar-refractivity contribution in [1.29, 1.82) is 0 Å². The molecule has 0 saturated carbocycles. The first-order valence-electron chi connectivity index (χ1n) is 6.88. The van der Waals surface area contributed by atoms with Gasteiger partial charge < -0.3 is 26.5 Å². The van der Waals surface area contributed by atoms with E-state index in [1.807, 2.05) is 13.8 Å². The van der Waals surface area contributed by atoms with E-state index < -0.39 is 30.5 Å². The Morgan fingerprint density at radius 3 is 2.52 bits per heavy atom. The molecule has 0 bridgehead atoms. The molecule has 1 rings (SSSR count). The van der Waals surface area contributed by atoms with Crippen molar-refractivity contribution >= 4 is 17.8 Å². The predicted molar refractivity (Wildman–Crippen MR) is 76.4 cm³/mol. The van der Waals surface area contributed by atoms with Crippen molar-refractivity contribution in [3.05, 3.63) is 0 Å². The fourth-order valence-electron chi connectivity index (χ4n) is 2.41. The summed E-state index contributed by atoms with van der Waals surface area (Å²) in [6.07, 6.45) is 1.84. The normalized spacial score (nSPS) is 19.0. The van der Waals surface area contributed by atoms with Gasteiger partial charge in [-0.25, -0.2) is 0 Å². The van der Waals surface area contributed by atoms with Gasteiger partial charge in [0.05, 0.1) is 6.04 Å². The number of nitrogens with one attached hydrogen (secondary N) is 1. The van der Waals surface area contributed by atoms with Crippen LogP contribution in [0.4, 0.5) is 0 Å². The monoisotopic (exact) mass is 303 g/mol. The highest BCUT2D eigenvalue weighted by Crippen LogP contribution is 2.19. The van der Waals surface area contributed by atoms with Crippen LogP contribution in [-0.2, 0) is 14.4 Å². The molecule has 21 heavy (non-hydrogen) atoms. The number of rotatable bonds is 6. The van der Waals surface area contributed by atoms with Crippen molar-refractivity contribution < 1.29 is 25.0 Å². The van der Waals surface area contributed by atoms with Gasteiger partial charge in [0.2, 0.25) is 11.8 Å². The summed E-state index contributed by atoms with van der Waals surface area (Å²) in [7, 11) is 0. The molecule has 2 atom stereocenters. The number of likely N-dealkylation sites (tertiary alicyclic amines) is 1. The molecule has 122 valence electrons. The molecule has 8 nitrogen and oxygen atoms in total. The molecule has 0 aliphatic carbocycles. The quantitative estimate of drug-likeness (QED) is 0.560. The largest absolute Gasteiger partial charge is 0.480 e.